The second kappa shape index (κ2) is 7.95. The van der Waals surface area contributed by atoms with Gasteiger partial charge in [-0.05, 0) is 48.7 Å². The number of Topliss-reactive ketones (excluding diaryl/α,β-unsaturated/α-hetero) is 1. The molecule has 6 heteroatoms. The van der Waals surface area contributed by atoms with Gasteiger partial charge in [-0.15, -0.1) is 0 Å². The van der Waals surface area contributed by atoms with Crippen LogP contribution in [-0.4, -0.2) is 15.8 Å². The Labute approximate surface area is 157 Å². The Balaban J connectivity index is 1.74. The fourth-order valence-electron chi connectivity index (χ4n) is 2.91. The van der Waals surface area contributed by atoms with Crippen LogP contribution < -0.4 is 11.1 Å². The van der Waals surface area contributed by atoms with Crippen LogP contribution in [0.25, 0.3) is 0 Å². The molecule has 5 nitrogen and oxygen atoms in total. The maximum absolute atomic E-state index is 14.2. The van der Waals surface area contributed by atoms with Gasteiger partial charge in [-0.3, -0.25) is 9.78 Å². The maximum Gasteiger partial charge on any atom is 0.185 e. The van der Waals surface area contributed by atoms with Crippen molar-refractivity contribution in [3.8, 4) is 0 Å². The number of benzene rings is 1. The summed E-state index contributed by atoms with van der Waals surface area (Å²) in [5.74, 6) is -0.0783. The monoisotopic (exact) mass is 364 g/mol. The molecule has 0 atom stereocenters. The molecule has 2 heterocycles. The average Bonchev–Trinajstić information content (AvgIpc) is 2.63. The van der Waals surface area contributed by atoms with Gasteiger partial charge in [0.25, 0.3) is 0 Å². The Hall–Kier alpha value is -3.28. The summed E-state index contributed by atoms with van der Waals surface area (Å²) in [5, 5.41) is 3.07. The fourth-order valence-corrected chi connectivity index (χ4v) is 2.91. The molecule has 0 aliphatic heterocycles. The lowest BCUT2D eigenvalue weighted by atomic mass is 10.0. The van der Waals surface area contributed by atoms with E-state index in [0.29, 0.717) is 22.8 Å². The molecule has 138 valence electrons. The molecule has 0 bridgehead atoms. The van der Waals surface area contributed by atoms with Crippen LogP contribution in [-0.2, 0) is 13.0 Å². The van der Waals surface area contributed by atoms with Crippen molar-refractivity contribution in [2.75, 3.05) is 11.1 Å². The minimum absolute atomic E-state index is 0.0884. The van der Waals surface area contributed by atoms with Crippen molar-refractivity contribution in [2.45, 2.75) is 26.8 Å². The number of nitrogens with zero attached hydrogens (tertiary/aromatic N) is 2. The number of pyridine rings is 2. The minimum Gasteiger partial charge on any atom is -0.382 e. The molecule has 0 unspecified atom stereocenters. The van der Waals surface area contributed by atoms with E-state index in [-0.39, 0.29) is 24.6 Å². The molecule has 3 N–H and O–H groups in total. The van der Waals surface area contributed by atoms with Crippen LogP contribution in [0.4, 0.5) is 15.9 Å². The summed E-state index contributed by atoms with van der Waals surface area (Å²) >= 11 is 0. The molecule has 0 fully saturated rings. The maximum atomic E-state index is 14.2. The fraction of sp³-hybridized carbons (Fsp3) is 0.190. The highest BCUT2D eigenvalue weighted by molar-refractivity contribution is 5.97. The quantitative estimate of drug-likeness (QED) is 0.649. The van der Waals surface area contributed by atoms with Gasteiger partial charge in [-0.2, -0.15) is 0 Å². The number of carbonyl (C=O) groups excluding carboxylic acids is 1. The SMILES string of the molecule is Cc1cnc(C(=O)Cc2ccc(F)c(CNc3cccnc3N)c2)c(C)c1. The largest absolute Gasteiger partial charge is 0.382 e. The number of hydrogen-bond acceptors (Lipinski definition) is 5. The molecule has 3 aromatic rings. The number of nitrogens with two attached hydrogens (primary N) is 1. The van der Waals surface area contributed by atoms with Crippen molar-refractivity contribution in [3.63, 3.8) is 0 Å². The Kier molecular flexibility index (Phi) is 5.45. The first-order chi connectivity index (χ1) is 12.9. The van der Waals surface area contributed by atoms with Crippen LogP contribution in [0.15, 0.2) is 48.8 Å². The molecule has 0 amide bonds. The zero-order chi connectivity index (χ0) is 19.4. The predicted molar refractivity (Wildman–Crippen MR) is 104 cm³/mol. The van der Waals surface area contributed by atoms with Gasteiger partial charge in [0, 0.05) is 30.9 Å². The number of aryl methyl sites for hydroxylation is 2. The number of aromatic nitrogens is 2. The molecule has 0 aliphatic carbocycles. The summed E-state index contributed by atoms with van der Waals surface area (Å²) in [6.07, 6.45) is 3.44. The van der Waals surface area contributed by atoms with E-state index in [1.165, 1.54) is 6.07 Å². The number of halogens is 1. The molecule has 27 heavy (non-hydrogen) atoms. The molecule has 0 saturated heterocycles. The second-order valence-electron chi connectivity index (χ2n) is 6.49. The lowest BCUT2D eigenvalue weighted by molar-refractivity contribution is 0.0987. The molecule has 0 saturated carbocycles. The third-order valence-electron chi connectivity index (χ3n) is 4.26. The molecule has 3 rings (SSSR count). The van der Waals surface area contributed by atoms with Crippen molar-refractivity contribution in [1.29, 1.82) is 0 Å². The summed E-state index contributed by atoms with van der Waals surface area (Å²) < 4.78 is 14.2. The van der Waals surface area contributed by atoms with Gasteiger partial charge < -0.3 is 11.1 Å². The van der Waals surface area contributed by atoms with Crippen LogP contribution in [0.2, 0.25) is 0 Å². The van der Waals surface area contributed by atoms with Crippen molar-refractivity contribution in [2.24, 2.45) is 0 Å². The summed E-state index contributed by atoms with van der Waals surface area (Å²) in [5.41, 5.74) is 9.92. The van der Waals surface area contributed by atoms with Crippen molar-refractivity contribution < 1.29 is 9.18 Å². The van der Waals surface area contributed by atoms with Crippen molar-refractivity contribution in [1.82, 2.24) is 9.97 Å². The first kappa shape index (κ1) is 18.5. The molecular formula is C21H21FN4O. The number of carbonyl (C=O) groups is 1. The second-order valence-corrected chi connectivity index (χ2v) is 6.49. The Bertz CT molecular complexity index is 988. The van der Waals surface area contributed by atoms with Gasteiger partial charge in [0.05, 0.1) is 5.69 Å². The summed E-state index contributed by atoms with van der Waals surface area (Å²) in [6.45, 7) is 4.04. The molecule has 0 aliphatic rings. The van der Waals surface area contributed by atoms with Crippen LogP contribution in [0.5, 0.6) is 0 Å². The van der Waals surface area contributed by atoms with Crippen LogP contribution >= 0.6 is 0 Å². The van der Waals surface area contributed by atoms with Gasteiger partial charge in [0.2, 0.25) is 0 Å². The van der Waals surface area contributed by atoms with Crippen molar-refractivity contribution >= 4 is 17.3 Å². The normalized spacial score (nSPS) is 10.6. The highest BCUT2D eigenvalue weighted by atomic mass is 19.1. The number of ketones is 1. The van der Waals surface area contributed by atoms with E-state index in [2.05, 4.69) is 15.3 Å². The van der Waals surface area contributed by atoms with Gasteiger partial charge in [0.15, 0.2) is 5.78 Å². The number of hydrogen-bond donors (Lipinski definition) is 2. The van der Waals surface area contributed by atoms with E-state index in [0.717, 1.165) is 16.7 Å². The lowest BCUT2D eigenvalue weighted by Gasteiger charge is -2.11. The van der Waals surface area contributed by atoms with Gasteiger partial charge in [-0.1, -0.05) is 18.2 Å². The third kappa shape index (κ3) is 4.47. The number of rotatable bonds is 6. The average molecular weight is 364 g/mol. The van der Waals surface area contributed by atoms with Crippen molar-refractivity contribution in [3.05, 3.63) is 82.6 Å². The smallest absolute Gasteiger partial charge is 0.185 e. The molecular weight excluding hydrogens is 343 g/mol. The van der Waals surface area contributed by atoms with Crippen LogP contribution in [0, 0.1) is 19.7 Å². The van der Waals surface area contributed by atoms with Gasteiger partial charge >= 0.3 is 0 Å². The Morgan fingerprint density at radius 1 is 1.19 bits per heavy atom. The highest BCUT2D eigenvalue weighted by Crippen LogP contribution is 2.18. The molecule has 1 aromatic carbocycles. The van der Waals surface area contributed by atoms with E-state index in [1.807, 2.05) is 19.9 Å². The number of nitrogen functional groups attached to an aromatic ring is 1. The lowest BCUT2D eigenvalue weighted by Crippen LogP contribution is -2.10. The Morgan fingerprint density at radius 2 is 2.00 bits per heavy atom. The first-order valence-corrected chi connectivity index (χ1v) is 8.62. The third-order valence-corrected chi connectivity index (χ3v) is 4.26. The van der Waals surface area contributed by atoms with Gasteiger partial charge in [0.1, 0.15) is 17.3 Å². The van der Waals surface area contributed by atoms with E-state index in [9.17, 15) is 9.18 Å². The van der Waals surface area contributed by atoms with E-state index in [1.54, 1.807) is 36.7 Å². The number of nitrogens with one attached hydrogen (secondary N) is 1. The first-order valence-electron chi connectivity index (χ1n) is 8.62. The highest BCUT2D eigenvalue weighted by Gasteiger charge is 2.13. The summed E-state index contributed by atoms with van der Waals surface area (Å²) in [7, 11) is 0. The van der Waals surface area contributed by atoms with Gasteiger partial charge in [-0.25, -0.2) is 9.37 Å². The molecule has 0 radical (unpaired) electrons. The summed E-state index contributed by atoms with van der Waals surface area (Å²) in [6, 6.07) is 10.1. The van der Waals surface area contributed by atoms with E-state index >= 15 is 0 Å². The topological polar surface area (TPSA) is 80.9 Å². The summed E-state index contributed by atoms with van der Waals surface area (Å²) in [4.78, 5) is 20.8. The zero-order valence-electron chi connectivity index (χ0n) is 15.3. The molecule has 2 aromatic heterocycles. The zero-order valence-corrected chi connectivity index (χ0v) is 15.3. The Morgan fingerprint density at radius 3 is 2.74 bits per heavy atom. The van der Waals surface area contributed by atoms with Crippen LogP contribution in [0.3, 0.4) is 0 Å². The van der Waals surface area contributed by atoms with E-state index in [4.69, 9.17) is 5.73 Å². The minimum atomic E-state index is -0.342. The molecule has 0 spiro atoms. The number of anilines is 2. The van der Waals surface area contributed by atoms with E-state index < -0.39 is 0 Å². The predicted octanol–water partition coefficient (Wildman–Crippen LogP) is 3.85. The van der Waals surface area contributed by atoms with Crippen LogP contribution in [0.1, 0.15) is 32.7 Å². The standard InChI is InChI=1S/C21H21FN4O/c1-13-8-14(2)20(26-11-13)19(27)10-15-5-6-17(22)16(9-15)12-25-18-4-3-7-24-21(18)23/h3-9,11,25H,10,12H2,1-2H3,(H2,23,24).